The smallest absolute Gasteiger partial charge is 0.268 e. The quantitative estimate of drug-likeness (QED) is 0.478. The third-order valence-corrected chi connectivity index (χ3v) is 8.01. The summed E-state index contributed by atoms with van der Waals surface area (Å²) in [4.78, 5) is 0.256. The van der Waals surface area contributed by atoms with E-state index >= 15 is 0 Å². The minimum absolute atomic E-state index is 0.0332. The Hall–Kier alpha value is -2.93. The van der Waals surface area contributed by atoms with Crippen LogP contribution in [0.4, 0.5) is 0 Å². The van der Waals surface area contributed by atoms with E-state index in [4.69, 9.17) is 4.74 Å². The SMILES string of the molecule is Cc1ccc(S(=O)(=O)n2c(C3(C)N[C@H](c4ccccc4)CO3)c(C)c3ccccc32)cc1. The summed E-state index contributed by atoms with van der Waals surface area (Å²) >= 11 is 0. The first-order valence-electron chi connectivity index (χ1n) is 10.7. The van der Waals surface area contributed by atoms with Crippen molar-refractivity contribution in [3.63, 3.8) is 0 Å². The Morgan fingerprint density at radius 3 is 2.31 bits per heavy atom. The van der Waals surface area contributed by atoms with E-state index in [9.17, 15) is 8.42 Å². The number of para-hydroxylation sites is 1. The van der Waals surface area contributed by atoms with E-state index < -0.39 is 15.7 Å². The monoisotopic (exact) mass is 446 g/mol. The van der Waals surface area contributed by atoms with Crippen LogP contribution in [0.1, 0.15) is 35.3 Å². The molecule has 3 aromatic carbocycles. The highest BCUT2D eigenvalue weighted by Crippen LogP contribution is 2.41. The molecular weight excluding hydrogens is 420 g/mol. The van der Waals surface area contributed by atoms with Crippen LogP contribution in [-0.2, 0) is 20.5 Å². The molecule has 1 fully saturated rings. The summed E-state index contributed by atoms with van der Waals surface area (Å²) in [5.74, 6) is 0. The molecule has 2 heterocycles. The van der Waals surface area contributed by atoms with Crippen LogP contribution in [0, 0.1) is 13.8 Å². The van der Waals surface area contributed by atoms with E-state index in [0.29, 0.717) is 17.8 Å². The zero-order valence-corrected chi connectivity index (χ0v) is 19.2. The van der Waals surface area contributed by atoms with Crippen LogP contribution in [0.25, 0.3) is 10.9 Å². The van der Waals surface area contributed by atoms with E-state index in [1.807, 2.05) is 75.4 Å². The molecule has 0 bridgehead atoms. The largest absolute Gasteiger partial charge is 0.353 e. The Bertz CT molecular complexity index is 1390. The van der Waals surface area contributed by atoms with Gasteiger partial charge in [-0.05, 0) is 50.1 Å². The van der Waals surface area contributed by atoms with Crippen LogP contribution >= 0.6 is 0 Å². The van der Waals surface area contributed by atoms with E-state index in [1.165, 1.54) is 3.97 Å². The first-order valence-corrected chi connectivity index (χ1v) is 12.1. The maximum absolute atomic E-state index is 13.9. The number of fused-ring (bicyclic) bond motifs is 1. The van der Waals surface area contributed by atoms with Gasteiger partial charge in [-0.2, -0.15) is 0 Å². The molecule has 1 aliphatic rings. The summed E-state index contributed by atoms with van der Waals surface area (Å²) in [6.07, 6.45) is 0. The predicted octanol–water partition coefficient (Wildman–Crippen LogP) is 5.03. The van der Waals surface area contributed by atoms with Gasteiger partial charge in [-0.1, -0.05) is 66.2 Å². The van der Waals surface area contributed by atoms with Crippen molar-refractivity contribution in [1.82, 2.24) is 9.29 Å². The molecule has 1 saturated heterocycles. The Balaban J connectivity index is 1.71. The fraction of sp³-hybridized carbons (Fsp3) is 0.231. The molecule has 1 aromatic heterocycles. The minimum Gasteiger partial charge on any atom is -0.353 e. The zero-order chi connectivity index (χ0) is 22.5. The van der Waals surface area contributed by atoms with Crippen LogP contribution in [0.5, 0.6) is 0 Å². The summed E-state index contributed by atoms with van der Waals surface area (Å²) in [5, 5.41) is 4.46. The molecule has 0 saturated carbocycles. The second kappa shape index (κ2) is 7.59. The number of nitrogens with zero attached hydrogens (tertiary/aromatic N) is 1. The molecule has 1 aliphatic heterocycles. The summed E-state index contributed by atoms with van der Waals surface area (Å²) in [6.45, 7) is 6.27. The second-order valence-corrected chi connectivity index (χ2v) is 10.3. The number of ether oxygens (including phenoxy) is 1. The Morgan fingerprint density at radius 1 is 0.938 bits per heavy atom. The van der Waals surface area contributed by atoms with E-state index in [-0.39, 0.29) is 10.9 Å². The number of rotatable bonds is 4. The van der Waals surface area contributed by atoms with E-state index in [2.05, 4.69) is 17.4 Å². The van der Waals surface area contributed by atoms with Crippen LogP contribution in [0.2, 0.25) is 0 Å². The highest BCUT2D eigenvalue weighted by Gasteiger charge is 2.43. The highest BCUT2D eigenvalue weighted by atomic mass is 32.2. The Kier molecular flexibility index (Phi) is 4.97. The Morgan fingerprint density at radius 2 is 1.59 bits per heavy atom. The Labute approximate surface area is 188 Å². The van der Waals surface area contributed by atoms with Gasteiger partial charge in [0.25, 0.3) is 10.0 Å². The van der Waals surface area contributed by atoms with Crippen molar-refractivity contribution >= 4 is 20.9 Å². The van der Waals surface area contributed by atoms with Gasteiger partial charge in [0, 0.05) is 5.39 Å². The van der Waals surface area contributed by atoms with Crippen molar-refractivity contribution in [2.75, 3.05) is 6.61 Å². The first-order chi connectivity index (χ1) is 15.3. The maximum atomic E-state index is 13.9. The highest BCUT2D eigenvalue weighted by molar-refractivity contribution is 7.90. The van der Waals surface area contributed by atoms with Crippen LogP contribution in [0.15, 0.2) is 83.8 Å². The molecule has 164 valence electrons. The molecule has 2 atom stereocenters. The van der Waals surface area contributed by atoms with Crippen LogP contribution in [0.3, 0.4) is 0 Å². The van der Waals surface area contributed by atoms with Crippen molar-refractivity contribution in [2.24, 2.45) is 0 Å². The summed E-state index contributed by atoms with van der Waals surface area (Å²) in [5.41, 5.74) is 3.30. The van der Waals surface area contributed by atoms with Crippen LogP contribution in [-0.4, -0.2) is 19.0 Å². The lowest BCUT2D eigenvalue weighted by atomic mass is 10.0. The summed E-state index contributed by atoms with van der Waals surface area (Å²) in [7, 11) is -3.85. The van der Waals surface area contributed by atoms with Gasteiger partial charge in [-0.25, -0.2) is 12.4 Å². The van der Waals surface area contributed by atoms with Crippen LogP contribution < -0.4 is 5.32 Å². The van der Waals surface area contributed by atoms with Gasteiger partial charge < -0.3 is 4.74 Å². The van der Waals surface area contributed by atoms with Crippen molar-refractivity contribution in [1.29, 1.82) is 0 Å². The third-order valence-electron chi connectivity index (χ3n) is 6.29. The van der Waals surface area contributed by atoms with Crippen molar-refractivity contribution in [3.8, 4) is 0 Å². The van der Waals surface area contributed by atoms with E-state index in [1.54, 1.807) is 12.1 Å². The fourth-order valence-electron chi connectivity index (χ4n) is 4.65. The molecule has 5 nitrogen and oxygen atoms in total. The van der Waals surface area contributed by atoms with Gasteiger partial charge in [-0.3, -0.25) is 5.32 Å². The molecule has 5 rings (SSSR count). The molecule has 0 amide bonds. The lowest BCUT2D eigenvalue weighted by Crippen LogP contribution is -2.39. The van der Waals surface area contributed by atoms with Gasteiger partial charge in [0.1, 0.15) is 0 Å². The molecule has 1 unspecified atom stereocenters. The maximum Gasteiger partial charge on any atom is 0.268 e. The minimum atomic E-state index is -3.85. The normalized spacial score (nSPS) is 21.3. The lowest BCUT2D eigenvalue weighted by molar-refractivity contribution is -0.00215. The molecule has 0 aliphatic carbocycles. The number of benzene rings is 3. The van der Waals surface area contributed by atoms with Gasteiger partial charge in [0.2, 0.25) is 0 Å². The summed E-state index contributed by atoms with van der Waals surface area (Å²) in [6, 6.07) is 24.6. The van der Waals surface area contributed by atoms with Gasteiger partial charge in [-0.15, -0.1) is 0 Å². The molecule has 0 spiro atoms. The van der Waals surface area contributed by atoms with Gasteiger partial charge >= 0.3 is 0 Å². The number of aryl methyl sites for hydroxylation is 2. The molecule has 0 radical (unpaired) electrons. The van der Waals surface area contributed by atoms with Gasteiger partial charge in [0.05, 0.1) is 28.8 Å². The molecule has 1 N–H and O–H groups in total. The van der Waals surface area contributed by atoms with Crippen molar-refractivity contribution in [3.05, 3.63) is 101 Å². The average molecular weight is 447 g/mol. The lowest BCUT2D eigenvalue weighted by Gasteiger charge is -2.28. The average Bonchev–Trinajstić information content (AvgIpc) is 3.34. The fourth-order valence-corrected chi connectivity index (χ4v) is 6.31. The standard InChI is InChI=1S/C26H26N2O3S/c1-18-13-15-21(16-14-18)32(29,30)28-24-12-8-7-11-22(24)19(2)25(28)26(3)27-23(17-31-26)20-9-5-4-6-10-20/h4-16,23,27H,17H2,1-3H3/t23-,26?/m0/s1. The summed E-state index contributed by atoms with van der Waals surface area (Å²) < 4.78 is 35.6. The second-order valence-electron chi connectivity index (χ2n) is 8.53. The first kappa shape index (κ1) is 20.9. The topological polar surface area (TPSA) is 60.3 Å². The molecule has 32 heavy (non-hydrogen) atoms. The number of nitrogens with one attached hydrogen (secondary N) is 1. The molecule has 4 aromatic rings. The molecule has 6 heteroatoms. The molecular formula is C26H26N2O3S. The van der Waals surface area contributed by atoms with Crippen molar-refractivity contribution in [2.45, 2.75) is 37.4 Å². The van der Waals surface area contributed by atoms with E-state index in [0.717, 1.165) is 22.1 Å². The van der Waals surface area contributed by atoms with Crippen molar-refractivity contribution < 1.29 is 13.2 Å². The number of hydrogen-bond acceptors (Lipinski definition) is 4. The number of hydrogen-bond donors (Lipinski definition) is 1. The number of aromatic nitrogens is 1. The predicted molar refractivity (Wildman–Crippen MR) is 126 cm³/mol. The zero-order valence-electron chi connectivity index (χ0n) is 18.4. The van der Waals surface area contributed by atoms with Gasteiger partial charge in [0.15, 0.2) is 5.72 Å². The third kappa shape index (κ3) is 3.26.